The van der Waals surface area contributed by atoms with Crippen molar-refractivity contribution in [1.82, 2.24) is 19.5 Å². The van der Waals surface area contributed by atoms with Gasteiger partial charge in [-0.25, -0.2) is 15.0 Å². The van der Waals surface area contributed by atoms with Gasteiger partial charge in [0.15, 0.2) is 0 Å². The summed E-state index contributed by atoms with van der Waals surface area (Å²) >= 11 is 0. The molecule has 0 saturated heterocycles. The second-order valence-electron chi connectivity index (χ2n) is 5.14. The number of hydrogen-bond acceptors (Lipinski definition) is 5. The van der Waals surface area contributed by atoms with Gasteiger partial charge in [-0.2, -0.15) is 0 Å². The van der Waals surface area contributed by atoms with Crippen LogP contribution in [0.15, 0.2) is 55.4 Å². The van der Waals surface area contributed by atoms with Gasteiger partial charge >= 0.3 is 0 Å². The first-order chi connectivity index (χ1) is 11.1. The molecule has 0 radical (unpaired) electrons. The molecule has 2 aromatic heterocycles. The van der Waals surface area contributed by atoms with E-state index in [0.717, 1.165) is 5.69 Å². The fourth-order valence-electron chi connectivity index (χ4n) is 2.02. The van der Waals surface area contributed by atoms with Crippen LogP contribution < -0.4 is 10.2 Å². The van der Waals surface area contributed by atoms with Crippen LogP contribution in [0.4, 0.5) is 11.6 Å². The number of carbonyl (C=O) groups is 1. The van der Waals surface area contributed by atoms with Crippen LogP contribution in [-0.2, 0) is 0 Å². The molecule has 0 aliphatic carbocycles. The minimum atomic E-state index is -0.205. The van der Waals surface area contributed by atoms with Crippen LogP contribution in [0.3, 0.4) is 0 Å². The Bertz CT molecular complexity index is 778. The standard InChI is InChI=1S/C16H16N6O/c1-21(2)16-18-9-13(10-19-16)20-15(23)12-3-5-14(6-4-12)22-8-7-17-11-22/h3-11H,1-2H3,(H,20,23). The molecule has 0 saturated carbocycles. The molecule has 0 atom stereocenters. The lowest BCUT2D eigenvalue weighted by Gasteiger charge is -2.10. The van der Waals surface area contributed by atoms with Crippen LogP contribution in [-0.4, -0.2) is 39.5 Å². The van der Waals surface area contributed by atoms with Crippen molar-refractivity contribution >= 4 is 17.5 Å². The van der Waals surface area contributed by atoms with Gasteiger partial charge in [-0.1, -0.05) is 0 Å². The summed E-state index contributed by atoms with van der Waals surface area (Å²) in [6.45, 7) is 0. The fraction of sp³-hybridized carbons (Fsp3) is 0.125. The summed E-state index contributed by atoms with van der Waals surface area (Å²) in [5.41, 5.74) is 2.06. The average molecular weight is 308 g/mol. The highest BCUT2D eigenvalue weighted by Crippen LogP contribution is 2.12. The lowest BCUT2D eigenvalue weighted by atomic mass is 10.2. The number of nitrogens with zero attached hydrogens (tertiary/aromatic N) is 5. The number of carbonyl (C=O) groups excluding carboxylic acids is 1. The molecule has 23 heavy (non-hydrogen) atoms. The summed E-state index contributed by atoms with van der Waals surface area (Å²) in [7, 11) is 3.71. The van der Waals surface area contributed by atoms with E-state index in [1.165, 1.54) is 0 Å². The van der Waals surface area contributed by atoms with Crippen LogP contribution in [0.25, 0.3) is 5.69 Å². The molecule has 3 aromatic rings. The van der Waals surface area contributed by atoms with E-state index in [0.29, 0.717) is 17.2 Å². The van der Waals surface area contributed by atoms with Gasteiger partial charge in [0.1, 0.15) is 0 Å². The second kappa shape index (κ2) is 6.27. The van der Waals surface area contributed by atoms with Crippen LogP contribution in [0.1, 0.15) is 10.4 Å². The molecule has 1 aromatic carbocycles. The van der Waals surface area contributed by atoms with Crippen LogP contribution in [0.2, 0.25) is 0 Å². The molecule has 0 aliphatic rings. The van der Waals surface area contributed by atoms with E-state index < -0.39 is 0 Å². The summed E-state index contributed by atoms with van der Waals surface area (Å²) < 4.78 is 1.87. The highest BCUT2D eigenvalue weighted by Gasteiger charge is 2.07. The molecule has 0 unspecified atom stereocenters. The van der Waals surface area contributed by atoms with E-state index in [9.17, 15) is 4.79 Å². The Morgan fingerprint density at radius 2 is 1.83 bits per heavy atom. The smallest absolute Gasteiger partial charge is 0.255 e. The van der Waals surface area contributed by atoms with Gasteiger partial charge in [0.25, 0.3) is 5.91 Å². The summed E-state index contributed by atoms with van der Waals surface area (Å²) in [6, 6.07) is 7.25. The Balaban J connectivity index is 1.70. The minimum absolute atomic E-state index is 0.205. The van der Waals surface area contributed by atoms with Crippen molar-refractivity contribution < 1.29 is 4.79 Å². The van der Waals surface area contributed by atoms with E-state index in [1.807, 2.05) is 37.0 Å². The Labute approximate surface area is 133 Å². The van der Waals surface area contributed by atoms with E-state index in [1.54, 1.807) is 42.0 Å². The van der Waals surface area contributed by atoms with Crippen molar-refractivity contribution in [3.8, 4) is 5.69 Å². The topological polar surface area (TPSA) is 75.9 Å². The lowest BCUT2D eigenvalue weighted by Crippen LogP contribution is -2.15. The van der Waals surface area contributed by atoms with Crippen molar-refractivity contribution in [3.05, 3.63) is 60.9 Å². The maximum absolute atomic E-state index is 12.2. The number of rotatable bonds is 4. The zero-order chi connectivity index (χ0) is 16.2. The Kier molecular flexibility index (Phi) is 4.01. The molecule has 0 fully saturated rings. The van der Waals surface area contributed by atoms with Gasteiger partial charge in [-0.3, -0.25) is 4.79 Å². The van der Waals surface area contributed by atoms with Gasteiger partial charge < -0.3 is 14.8 Å². The van der Waals surface area contributed by atoms with Crippen molar-refractivity contribution in [2.75, 3.05) is 24.3 Å². The monoisotopic (exact) mass is 308 g/mol. The van der Waals surface area contributed by atoms with E-state index in [-0.39, 0.29) is 5.91 Å². The highest BCUT2D eigenvalue weighted by atomic mass is 16.1. The molecule has 2 heterocycles. The zero-order valence-corrected chi connectivity index (χ0v) is 12.8. The Hall–Kier alpha value is -3.22. The molecule has 3 rings (SSSR count). The largest absolute Gasteiger partial charge is 0.347 e. The average Bonchev–Trinajstić information content (AvgIpc) is 3.10. The van der Waals surface area contributed by atoms with E-state index in [4.69, 9.17) is 0 Å². The predicted molar refractivity (Wildman–Crippen MR) is 87.9 cm³/mol. The minimum Gasteiger partial charge on any atom is -0.347 e. The first-order valence-electron chi connectivity index (χ1n) is 7.02. The highest BCUT2D eigenvalue weighted by molar-refractivity contribution is 6.04. The van der Waals surface area contributed by atoms with Gasteiger partial charge in [-0.15, -0.1) is 0 Å². The summed E-state index contributed by atoms with van der Waals surface area (Å²) in [6.07, 6.45) is 8.43. The first-order valence-corrected chi connectivity index (χ1v) is 7.02. The molecule has 7 nitrogen and oxygen atoms in total. The number of hydrogen-bond donors (Lipinski definition) is 1. The maximum Gasteiger partial charge on any atom is 0.255 e. The third-order valence-electron chi connectivity index (χ3n) is 3.23. The number of nitrogens with one attached hydrogen (secondary N) is 1. The summed E-state index contributed by atoms with van der Waals surface area (Å²) in [5.74, 6) is 0.385. The van der Waals surface area contributed by atoms with Crippen molar-refractivity contribution in [2.24, 2.45) is 0 Å². The molecular weight excluding hydrogens is 292 g/mol. The van der Waals surface area contributed by atoms with Gasteiger partial charge in [0.05, 0.1) is 24.4 Å². The quantitative estimate of drug-likeness (QED) is 0.797. The molecular formula is C16H16N6O. The van der Waals surface area contributed by atoms with E-state index in [2.05, 4.69) is 20.3 Å². The number of benzene rings is 1. The van der Waals surface area contributed by atoms with E-state index >= 15 is 0 Å². The van der Waals surface area contributed by atoms with Crippen LogP contribution >= 0.6 is 0 Å². The molecule has 7 heteroatoms. The second-order valence-corrected chi connectivity index (χ2v) is 5.14. The Morgan fingerprint density at radius 1 is 1.13 bits per heavy atom. The third-order valence-corrected chi connectivity index (χ3v) is 3.23. The predicted octanol–water partition coefficient (Wildman–Crippen LogP) is 1.98. The van der Waals surface area contributed by atoms with Crippen molar-refractivity contribution in [3.63, 3.8) is 0 Å². The molecule has 116 valence electrons. The number of imidazole rings is 1. The first kappa shape index (κ1) is 14.7. The zero-order valence-electron chi connectivity index (χ0n) is 12.8. The number of aromatic nitrogens is 4. The summed E-state index contributed by atoms with van der Waals surface area (Å²) in [5, 5.41) is 2.78. The van der Waals surface area contributed by atoms with Crippen LogP contribution in [0.5, 0.6) is 0 Å². The Morgan fingerprint density at radius 3 is 2.39 bits per heavy atom. The molecule has 0 spiro atoms. The van der Waals surface area contributed by atoms with Gasteiger partial charge in [0.2, 0.25) is 5.95 Å². The molecule has 0 bridgehead atoms. The fourth-order valence-corrected chi connectivity index (χ4v) is 2.02. The molecule has 0 aliphatic heterocycles. The number of anilines is 2. The normalized spacial score (nSPS) is 10.3. The van der Waals surface area contributed by atoms with Crippen LogP contribution in [0, 0.1) is 0 Å². The lowest BCUT2D eigenvalue weighted by molar-refractivity contribution is 0.102. The molecule has 1 amide bonds. The summed E-state index contributed by atoms with van der Waals surface area (Å²) in [4.78, 5) is 26.3. The maximum atomic E-state index is 12.2. The van der Waals surface area contributed by atoms with Crippen molar-refractivity contribution in [1.29, 1.82) is 0 Å². The molecule has 1 N–H and O–H groups in total. The van der Waals surface area contributed by atoms with Gasteiger partial charge in [0, 0.05) is 37.7 Å². The van der Waals surface area contributed by atoms with Crippen molar-refractivity contribution in [2.45, 2.75) is 0 Å². The van der Waals surface area contributed by atoms with Gasteiger partial charge in [-0.05, 0) is 24.3 Å². The SMILES string of the molecule is CN(C)c1ncc(NC(=O)c2ccc(-n3ccnc3)cc2)cn1. The third kappa shape index (κ3) is 3.34. The number of amides is 1.